The van der Waals surface area contributed by atoms with Crippen LogP contribution in [0.4, 0.5) is 0 Å². The number of halogens is 1. The van der Waals surface area contributed by atoms with Crippen LogP contribution in [0.15, 0.2) is 105 Å². The highest BCUT2D eigenvalue weighted by atomic mass is 79.9. The first-order valence-corrected chi connectivity index (χ1v) is 14.1. The van der Waals surface area contributed by atoms with Gasteiger partial charge in [-0.3, -0.25) is 4.90 Å². The monoisotopic (exact) mass is 585 g/mol. The van der Waals surface area contributed by atoms with Gasteiger partial charge in [-0.15, -0.1) is 0 Å². The van der Waals surface area contributed by atoms with E-state index >= 15 is 0 Å². The molecule has 6 rings (SSSR count). The van der Waals surface area contributed by atoms with Gasteiger partial charge in [0.25, 0.3) is 0 Å². The summed E-state index contributed by atoms with van der Waals surface area (Å²) in [7, 11) is 5.58. The lowest BCUT2D eigenvalue weighted by molar-refractivity contribution is 0.344. The number of nitrogens with zero attached hydrogens (tertiary/aromatic N) is 3. The molecule has 0 fully saturated rings. The first-order chi connectivity index (χ1) is 18.5. The lowest BCUT2D eigenvalue weighted by atomic mass is 9.88. The Bertz CT molecular complexity index is 1480. The van der Waals surface area contributed by atoms with Gasteiger partial charge in [-0.2, -0.15) is 0 Å². The van der Waals surface area contributed by atoms with Gasteiger partial charge in [-0.25, -0.2) is 4.99 Å². The van der Waals surface area contributed by atoms with Gasteiger partial charge < -0.3 is 14.4 Å². The quantitative estimate of drug-likeness (QED) is 0.316. The van der Waals surface area contributed by atoms with Gasteiger partial charge in [0, 0.05) is 23.0 Å². The Morgan fingerprint density at radius 3 is 2.21 bits per heavy atom. The molecule has 7 heteroatoms. The highest BCUT2D eigenvalue weighted by molar-refractivity contribution is 9.10. The largest absolute Gasteiger partial charge is 0.497 e. The molecule has 5 nitrogen and oxygen atoms in total. The maximum atomic E-state index is 5.47. The molecule has 0 saturated heterocycles. The zero-order chi connectivity index (χ0) is 26.2. The Labute approximate surface area is 236 Å². The minimum Gasteiger partial charge on any atom is -0.497 e. The van der Waals surface area contributed by atoms with Gasteiger partial charge in [-0.1, -0.05) is 64.1 Å². The molecule has 0 aromatic heterocycles. The molecule has 3 heterocycles. The van der Waals surface area contributed by atoms with E-state index in [1.54, 1.807) is 26.0 Å². The van der Waals surface area contributed by atoms with Crippen molar-refractivity contribution < 1.29 is 9.47 Å². The molecule has 3 aliphatic rings. The van der Waals surface area contributed by atoms with E-state index in [2.05, 4.69) is 92.8 Å². The summed E-state index contributed by atoms with van der Waals surface area (Å²) in [5.41, 5.74) is 8.33. The van der Waals surface area contributed by atoms with E-state index in [1.807, 2.05) is 24.3 Å². The summed E-state index contributed by atoms with van der Waals surface area (Å²) in [6.07, 6.45) is 2.26. The number of fused-ring (bicyclic) bond motifs is 1. The van der Waals surface area contributed by atoms with E-state index in [9.17, 15) is 0 Å². The molecule has 0 aliphatic carbocycles. The van der Waals surface area contributed by atoms with Crippen molar-refractivity contribution in [3.63, 3.8) is 0 Å². The third-order valence-electron chi connectivity index (χ3n) is 7.05. The zero-order valence-electron chi connectivity index (χ0n) is 21.5. The average Bonchev–Trinajstić information content (AvgIpc) is 3.36. The van der Waals surface area contributed by atoms with Gasteiger partial charge in [0.15, 0.2) is 5.17 Å². The Morgan fingerprint density at radius 1 is 0.895 bits per heavy atom. The van der Waals surface area contributed by atoms with Crippen LogP contribution in [0.5, 0.6) is 11.5 Å². The first-order valence-electron chi connectivity index (χ1n) is 12.5. The highest BCUT2D eigenvalue weighted by Crippen LogP contribution is 2.49. The van der Waals surface area contributed by atoms with Crippen LogP contribution in [0.1, 0.15) is 22.7 Å². The molecule has 3 aromatic carbocycles. The third-order valence-corrected chi connectivity index (χ3v) is 8.42. The molecule has 1 atom stereocenters. The molecule has 0 spiro atoms. The van der Waals surface area contributed by atoms with Crippen molar-refractivity contribution >= 4 is 44.6 Å². The van der Waals surface area contributed by atoms with Gasteiger partial charge in [-0.05, 0) is 77.4 Å². The molecule has 192 valence electrons. The Morgan fingerprint density at radius 2 is 1.55 bits per heavy atom. The number of hydrogen-bond acceptors (Lipinski definition) is 6. The molecule has 0 N–H and O–H groups in total. The van der Waals surface area contributed by atoms with Crippen LogP contribution in [0.25, 0.3) is 11.8 Å². The second-order valence-electron chi connectivity index (χ2n) is 9.56. The number of methoxy groups -OCH3 is 2. The van der Waals surface area contributed by atoms with Crippen molar-refractivity contribution in [3.05, 3.63) is 116 Å². The summed E-state index contributed by atoms with van der Waals surface area (Å²) in [6, 6.07) is 25.2. The third kappa shape index (κ3) is 4.70. The number of rotatable bonds is 5. The summed E-state index contributed by atoms with van der Waals surface area (Å²) in [6.45, 7) is 1.69. The molecular weight excluding hydrogens is 558 g/mol. The van der Waals surface area contributed by atoms with Crippen molar-refractivity contribution in [3.8, 4) is 11.5 Å². The van der Waals surface area contributed by atoms with E-state index in [-0.39, 0.29) is 6.04 Å². The minimum atomic E-state index is 0.0234. The fourth-order valence-corrected chi connectivity index (χ4v) is 6.43. The fraction of sp³-hybridized carbons (Fsp3) is 0.194. The zero-order valence-corrected chi connectivity index (χ0v) is 23.9. The molecule has 1 unspecified atom stereocenters. The number of likely N-dealkylation sites (N-methyl/N-ethyl adjacent to an activating group) is 1. The Kier molecular flexibility index (Phi) is 6.91. The van der Waals surface area contributed by atoms with E-state index in [1.165, 1.54) is 28.0 Å². The van der Waals surface area contributed by atoms with Crippen molar-refractivity contribution in [1.29, 1.82) is 0 Å². The van der Waals surface area contributed by atoms with E-state index in [4.69, 9.17) is 14.5 Å². The van der Waals surface area contributed by atoms with Gasteiger partial charge in [0.2, 0.25) is 0 Å². The fourth-order valence-electron chi connectivity index (χ4n) is 5.24. The number of benzene rings is 3. The molecule has 0 amide bonds. The Balaban J connectivity index is 1.48. The van der Waals surface area contributed by atoms with Crippen LogP contribution in [-0.4, -0.2) is 49.3 Å². The van der Waals surface area contributed by atoms with Gasteiger partial charge >= 0.3 is 0 Å². The number of amidine groups is 1. The van der Waals surface area contributed by atoms with Crippen molar-refractivity contribution in [2.45, 2.75) is 6.04 Å². The minimum absolute atomic E-state index is 0.0234. The summed E-state index contributed by atoms with van der Waals surface area (Å²) in [5, 5.41) is 3.24. The Hall–Kier alpha value is -3.26. The summed E-state index contributed by atoms with van der Waals surface area (Å²) < 4.78 is 11.9. The summed E-state index contributed by atoms with van der Waals surface area (Å²) in [4.78, 5) is 10.1. The van der Waals surface area contributed by atoms with Gasteiger partial charge in [0.1, 0.15) is 11.5 Å². The van der Waals surface area contributed by atoms with Crippen LogP contribution < -0.4 is 9.47 Å². The van der Waals surface area contributed by atoms with Crippen molar-refractivity contribution in [2.24, 2.45) is 4.99 Å². The molecule has 0 radical (unpaired) electrons. The lowest BCUT2D eigenvalue weighted by Gasteiger charge is -2.42. The molecule has 3 aliphatic heterocycles. The average molecular weight is 587 g/mol. The normalized spacial score (nSPS) is 20.2. The lowest BCUT2D eigenvalue weighted by Crippen LogP contribution is -2.40. The molecule has 3 aromatic rings. The number of aliphatic imine (C=N–C) groups is 1. The van der Waals surface area contributed by atoms with E-state index in [0.717, 1.165) is 45.5 Å². The second kappa shape index (κ2) is 10.5. The maximum absolute atomic E-state index is 5.47. The second-order valence-corrected chi connectivity index (χ2v) is 11.3. The molecular formula is C31H28BrN3O2S. The van der Waals surface area contributed by atoms with Crippen LogP contribution in [-0.2, 0) is 0 Å². The predicted octanol–water partition coefficient (Wildman–Crippen LogP) is 7.21. The number of thioether (sulfide) groups is 1. The van der Waals surface area contributed by atoms with Crippen LogP contribution in [0.3, 0.4) is 0 Å². The maximum Gasteiger partial charge on any atom is 0.174 e. The van der Waals surface area contributed by atoms with Crippen LogP contribution in [0, 0.1) is 0 Å². The van der Waals surface area contributed by atoms with Crippen LogP contribution >= 0.6 is 27.7 Å². The topological polar surface area (TPSA) is 37.3 Å². The van der Waals surface area contributed by atoms with Crippen molar-refractivity contribution in [1.82, 2.24) is 9.80 Å². The van der Waals surface area contributed by atoms with E-state index in [0.29, 0.717) is 0 Å². The SMILES string of the molecule is COc1ccc(/C=C2\CN(C)CC3=C2N=C2SC=C(c4ccc(Br)cc4)N2C3c2ccc(OC)cc2)cc1. The summed E-state index contributed by atoms with van der Waals surface area (Å²) >= 11 is 5.27. The standard InChI is InChI=1S/C31H28BrN3O2S/c1-34-17-23(16-20-4-12-25(36-2)13-5-20)29-27(18-34)30(22-8-14-26(37-3)15-9-22)35-28(19-38-31(35)33-29)21-6-10-24(32)11-7-21/h4-16,19,30H,17-18H2,1-3H3/b23-16+. The number of ether oxygens (including phenoxy) is 2. The van der Waals surface area contributed by atoms with Crippen molar-refractivity contribution in [2.75, 3.05) is 34.4 Å². The molecule has 0 bridgehead atoms. The van der Waals surface area contributed by atoms with E-state index < -0.39 is 0 Å². The summed E-state index contributed by atoms with van der Waals surface area (Å²) in [5.74, 6) is 1.71. The van der Waals surface area contributed by atoms with Gasteiger partial charge in [0.05, 0.1) is 31.7 Å². The highest BCUT2D eigenvalue weighted by Gasteiger charge is 2.41. The first kappa shape index (κ1) is 25.0. The smallest absolute Gasteiger partial charge is 0.174 e. The molecule has 38 heavy (non-hydrogen) atoms. The number of hydrogen-bond donors (Lipinski definition) is 0. The van der Waals surface area contributed by atoms with Crippen LogP contribution in [0.2, 0.25) is 0 Å². The predicted molar refractivity (Wildman–Crippen MR) is 160 cm³/mol. The molecule has 0 saturated carbocycles.